The molecular weight excluding hydrogens is 244 g/mol. The van der Waals surface area contributed by atoms with E-state index in [9.17, 15) is 0 Å². The van der Waals surface area contributed by atoms with Gasteiger partial charge in [0.05, 0.1) is 6.54 Å². The van der Waals surface area contributed by atoms with Crippen molar-refractivity contribution in [1.29, 1.82) is 0 Å². The van der Waals surface area contributed by atoms with Crippen molar-refractivity contribution >= 4 is 15.9 Å². The quantitative estimate of drug-likeness (QED) is 0.819. The van der Waals surface area contributed by atoms with Crippen molar-refractivity contribution in [3.8, 4) is 0 Å². The second-order valence-corrected chi connectivity index (χ2v) is 3.99. The lowest BCUT2D eigenvalue weighted by Crippen LogP contribution is -2.02. The third-order valence-corrected chi connectivity index (χ3v) is 2.53. The van der Waals surface area contributed by atoms with Gasteiger partial charge in [0.1, 0.15) is 6.33 Å². The molecule has 2 aromatic rings. The highest BCUT2D eigenvalue weighted by atomic mass is 79.9. The Kier molecular flexibility index (Phi) is 2.58. The molecule has 1 aromatic heterocycles. The Labute approximate surface area is 90.1 Å². The summed E-state index contributed by atoms with van der Waals surface area (Å²) in [6, 6.07) is 6.18. The Hall–Kier alpha value is -1.23. The minimum atomic E-state index is 0.707. The van der Waals surface area contributed by atoms with Gasteiger partial charge in [0.25, 0.3) is 0 Å². The second-order valence-electron chi connectivity index (χ2n) is 3.08. The molecule has 0 atom stereocenters. The van der Waals surface area contributed by atoms with E-state index in [0.717, 1.165) is 4.47 Å². The van der Waals surface area contributed by atoms with Gasteiger partial charge in [-0.1, -0.05) is 22.0 Å². The van der Waals surface area contributed by atoms with Crippen LogP contribution >= 0.6 is 15.9 Å². The summed E-state index contributed by atoms with van der Waals surface area (Å²) in [5.74, 6) is 0. The Morgan fingerprint density at radius 1 is 1.43 bits per heavy atom. The van der Waals surface area contributed by atoms with E-state index in [0.29, 0.717) is 6.54 Å². The van der Waals surface area contributed by atoms with Crippen LogP contribution in [-0.2, 0) is 6.54 Å². The minimum Gasteiger partial charge on any atom is -0.228 e. The molecule has 0 N–H and O–H groups in total. The van der Waals surface area contributed by atoms with Crippen LogP contribution in [0.15, 0.2) is 29.0 Å². The van der Waals surface area contributed by atoms with Crippen LogP contribution in [-0.4, -0.2) is 20.2 Å². The second kappa shape index (κ2) is 3.88. The molecule has 0 saturated carbocycles. The minimum absolute atomic E-state index is 0.707. The Balaban J connectivity index is 2.28. The highest BCUT2D eigenvalue weighted by Crippen LogP contribution is 2.16. The van der Waals surface area contributed by atoms with E-state index >= 15 is 0 Å². The first-order chi connectivity index (χ1) is 6.75. The van der Waals surface area contributed by atoms with Crippen molar-refractivity contribution in [2.24, 2.45) is 0 Å². The van der Waals surface area contributed by atoms with E-state index in [1.165, 1.54) is 11.1 Å². The first-order valence-electron chi connectivity index (χ1n) is 4.21. The molecule has 4 nitrogen and oxygen atoms in total. The van der Waals surface area contributed by atoms with Gasteiger partial charge >= 0.3 is 0 Å². The highest BCUT2D eigenvalue weighted by Gasteiger charge is 2.01. The molecule has 0 bridgehead atoms. The number of rotatable bonds is 2. The van der Waals surface area contributed by atoms with Crippen LogP contribution in [0.4, 0.5) is 0 Å². The van der Waals surface area contributed by atoms with E-state index in [1.807, 2.05) is 6.07 Å². The number of aromatic nitrogens is 4. The Bertz CT molecular complexity index is 424. The molecule has 0 saturated heterocycles. The van der Waals surface area contributed by atoms with Crippen LogP contribution in [0, 0.1) is 6.92 Å². The molecule has 1 aromatic carbocycles. The summed E-state index contributed by atoms with van der Waals surface area (Å²) in [6.45, 7) is 2.78. The summed E-state index contributed by atoms with van der Waals surface area (Å²) in [5.41, 5.74) is 2.45. The van der Waals surface area contributed by atoms with Gasteiger partial charge in [-0.3, -0.25) is 0 Å². The standard InChI is InChI=1S/C9H9BrN4/c1-7-2-3-9(10)4-8(7)5-14-6-11-12-13-14/h2-4,6H,5H2,1H3. The molecule has 0 aliphatic rings. The predicted octanol–water partition coefficient (Wildman–Crippen LogP) is 1.79. The topological polar surface area (TPSA) is 43.6 Å². The molecule has 0 amide bonds. The maximum Gasteiger partial charge on any atom is 0.138 e. The van der Waals surface area contributed by atoms with Crippen LogP contribution in [0.25, 0.3) is 0 Å². The summed E-state index contributed by atoms with van der Waals surface area (Å²) in [5, 5.41) is 11.0. The molecule has 2 rings (SSSR count). The van der Waals surface area contributed by atoms with Gasteiger partial charge in [0.15, 0.2) is 0 Å². The van der Waals surface area contributed by atoms with Crippen molar-refractivity contribution in [1.82, 2.24) is 20.2 Å². The Morgan fingerprint density at radius 3 is 3.00 bits per heavy atom. The summed E-state index contributed by atoms with van der Waals surface area (Å²) in [7, 11) is 0. The van der Waals surface area contributed by atoms with Gasteiger partial charge < -0.3 is 0 Å². The molecule has 0 fully saturated rings. The molecule has 72 valence electrons. The lowest BCUT2D eigenvalue weighted by atomic mass is 10.1. The molecule has 1 heterocycles. The van der Waals surface area contributed by atoms with E-state index < -0.39 is 0 Å². The van der Waals surface area contributed by atoms with Crippen LogP contribution < -0.4 is 0 Å². The molecule has 14 heavy (non-hydrogen) atoms. The van der Waals surface area contributed by atoms with Gasteiger partial charge in [-0.05, 0) is 40.6 Å². The number of aryl methyl sites for hydroxylation is 1. The average molecular weight is 253 g/mol. The Morgan fingerprint density at radius 2 is 2.29 bits per heavy atom. The molecule has 0 aliphatic carbocycles. The maximum absolute atomic E-state index is 3.82. The number of tetrazole rings is 1. The zero-order chi connectivity index (χ0) is 9.97. The van der Waals surface area contributed by atoms with Gasteiger partial charge in [-0.2, -0.15) is 0 Å². The molecule has 0 unspecified atom stereocenters. The van der Waals surface area contributed by atoms with Crippen molar-refractivity contribution in [2.75, 3.05) is 0 Å². The maximum atomic E-state index is 3.82. The largest absolute Gasteiger partial charge is 0.228 e. The number of hydrogen-bond donors (Lipinski definition) is 0. The summed E-state index contributed by atoms with van der Waals surface area (Å²) in [6.07, 6.45) is 1.61. The van der Waals surface area contributed by atoms with Crippen molar-refractivity contribution in [3.05, 3.63) is 40.1 Å². The van der Waals surface area contributed by atoms with Crippen molar-refractivity contribution in [2.45, 2.75) is 13.5 Å². The van der Waals surface area contributed by atoms with E-state index in [4.69, 9.17) is 0 Å². The summed E-state index contributed by atoms with van der Waals surface area (Å²) >= 11 is 3.44. The zero-order valence-corrected chi connectivity index (χ0v) is 9.27. The fraction of sp³-hybridized carbons (Fsp3) is 0.222. The lowest BCUT2D eigenvalue weighted by Gasteiger charge is -2.05. The fourth-order valence-corrected chi connectivity index (χ4v) is 1.65. The van der Waals surface area contributed by atoms with Crippen molar-refractivity contribution in [3.63, 3.8) is 0 Å². The number of nitrogens with zero attached hydrogens (tertiary/aromatic N) is 4. The van der Waals surface area contributed by atoms with Crippen molar-refractivity contribution < 1.29 is 0 Å². The first kappa shape index (κ1) is 9.33. The smallest absolute Gasteiger partial charge is 0.138 e. The molecule has 0 radical (unpaired) electrons. The third-order valence-electron chi connectivity index (χ3n) is 2.03. The average Bonchev–Trinajstić information content (AvgIpc) is 2.64. The molecular formula is C9H9BrN4. The van der Waals surface area contributed by atoms with Gasteiger partial charge in [-0.15, -0.1) is 5.10 Å². The van der Waals surface area contributed by atoms with Gasteiger partial charge in [0, 0.05) is 4.47 Å². The van der Waals surface area contributed by atoms with E-state index in [2.05, 4.69) is 50.5 Å². The van der Waals surface area contributed by atoms with E-state index in [-0.39, 0.29) is 0 Å². The van der Waals surface area contributed by atoms with Crippen LogP contribution in [0.5, 0.6) is 0 Å². The predicted molar refractivity (Wildman–Crippen MR) is 55.8 cm³/mol. The lowest BCUT2D eigenvalue weighted by molar-refractivity contribution is 0.646. The van der Waals surface area contributed by atoms with Gasteiger partial charge in [-0.25, -0.2) is 4.68 Å². The van der Waals surface area contributed by atoms with Crippen LogP contribution in [0.1, 0.15) is 11.1 Å². The first-order valence-corrected chi connectivity index (χ1v) is 5.01. The summed E-state index contributed by atoms with van der Waals surface area (Å²) < 4.78 is 2.78. The van der Waals surface area contributed by atoms with Crippen LogP contribution in [0.2, 0.25) is 0 Å². The molecule has 0 aliphatic heterocycles. The number of hydrogen-bond acceptors (Lipinski definition) is 3. The van der Waals surface area contributed by atoms with E-state index in [1.54, 1.807) is 11.0 Å². The van der Waals surface area contributed by atoms with Gasteiger partial charge in [0.2, 0.25) is 0 Å². The molecule has 0 spiro atoms. The monoisotopic (exact) mass is 252 g/mol. The third kappa shape index (κ3) is 1.98. The SMILES string of the molecule is Cc1ccc(Br)cc1Cn1cnnn1. The zero-order valence-electron chi connectivity index (χ0n) is 7.68. The summed E-state index contributed by atoms with van der Waals surface area (Å²) in [4.78, 5) is 0. The highest BCUT2D eigenvalue weighted by molar-refractivity contribution is 9.10. The normalized spacial score (nSPS) is 10.4. The number of halogens is 1. The number of benzene rings is 1. The molecule has 5 heteroatoms. The van der Waals surface area contributed by atoms with Crippen LogP contribution in [0.3, 0.4) is 0 Å². The fourth-order valence-electron chi connectivity index (χ4n) is 1.24.